The van der Waals surface area contributed by atoms with E-state index in [1.165, 1.54) is 6.07 Å². The Bertz CT molecular complexity index is 901. The summed E-state index contributed by atoms with van der Waals surface area (Å²) in [6.45, 7) is 1.87. The molecule has 0 aromatic carbocycles. The minimum atomic E-state index is -4.39. The van der Waals surface area contributed by atoms with Crippen molar-refractivity contribution in [3.63, 3.8) is 0 Å². The third kappa shape index (κ3) is 4.04. The summed E-state index contributed by atoms with van der Waals surface area (Å²) in [6, 6.07) is 1.84. The second-order valence-electron chi connectivity index (χ2n) is 10.0. The van der Waals surface area contributed by atoms with Gasteiger partial charge in [0.15, 0.2) is 15.5 Å². The van der Waals surface area contributed by atoms with Crippen molar-refractivity contribution in [3.05, 3.63) is 17.5 Å². The standard InChI is InChI=1S/C21H30F3N3O2S/c22-21(23,24)19-12-18(27(25-19)17-6-7-17)15-2-4-16(5-3-15)26-10-1-8-20(13-26)9-11-30(28,29)14-20/h12,15-17H,1-11,13-14H2/t15-,16-,20-/m0/s1. The molecule has 0 amide bonds. The summed E-state index contributed by atoms with van der Waals surface area (Å²) in [6.07, 6.45) is 3.94. The molecule has 1 spiro atoms. The van der Waals surface area contributed by atoms with Crippen LogP contribution < -0.4 is 0 Å². The zero-order valence-electron chi connectivity index (χ0n) is 17.2. The van der Waals surface area contributed by atoms with E-state index >= 15 is 0 Å². The van der Waals surface area contributed by atoms with Gasteiger partial charge in [-0.2, -0.15) is 18.3 Å². The minimum absolute atomic E-state index is 0.0693. The van der Waals surface area contributed by atoms with Crippen LogP contribution in [-0.2, 0) is 16.0 Å². The lowest BCUT2D eigenvalue weighted by molar-refractivity contribution is -0.141. The van der Waals surface area contributed by atoms with E-state index in [1.807, 2.05) is 0 Å². The van der Waals surface area contributed by atoms with Crippen LogP contribution in [0.1, 0.15) is 81.1 Å². The summed E-state index contributed by atoms with van der Waals surface area (Å²) in [4.78, 5) is 2.49. The van der Waals surface area contributed by atoms with E-state index in [9.17, 15) is 21.6 Å². The van der Waals surface area contributed by atoms with Crippen molar-refractivity contribution in [3.8, 4) is 0 Å². The summed E-state index contributed by atoms with van der Waals surface area (Å²) in [5.41, 5.74) is -0.0626. The highest BCUT2D eigenvalue weighted by atomic mass is 32.2. The highest BCUT2D eigenvalue weighted by Gasteiger charge is 2.46. The lowest BCUT2D eigenvalue weighted by Gasteiger charge is -2.45. The predicted octanol–water partition coefficient (Wildman–Crippen LogP) is 4.16. The Morgan fingerprint density at radius 3 is 2.33 bits per heavy atom. The molecule has 1 aromatic rings. The number of nitrogens with zero attached hydrogens (tertiary/aromatic N) is 3. The molecule has 1 aromatic heterocycles. The van der Waals surface area contributed by atoms with Gasteiger partial charge in [0.05, 0.1) is 17.5 Å². The van der Waals surface area contributed by atoms with Crippen molar-refractivity contribution in [2.24, 2.45) is 5.41 Å². The fraction of sp³-hybridized carbons (Fsp3) is 0.857. The first kappa shape index (κ1) is 20.8. The smallest absolute Gasteiger partial charge is 0.300 e. The second kappa shape index (κ2) is 7.22. The predicted molar refractivity (Wildman–Crippen MR) is 107 cm³/mol. The van der Waals surface area contributed by atoms with E-state index < -0.39 is 21.7 Å². The topological polar surface area (TPSA) is 55.2 Å². The van der Waals surface area contributed by atoms with Crippen LogP contribution >= 0.6 is 0 Å². The van der Waals surface area contributed by atoms with E-state index in [4.69, 9.17) is 0 Å². The van der Waals surface area contributed by atoms with Crippen molar-refractivity contribution >= 4 is 9.84 Å². The summed E-state index contributed by atoms with van der Waals surface area (Å²) in [5, 5.41) is 3.91. The summed E-state index contributed by atoms with van der Waals surface area (Å²) < 4.78 is 65.4. The lowest BCUT2D eigenvalue weighted by Crippen LogP contribution is -2.49. The molecule has 0 bridgehead atoms. The number of hydrogen-bond donors (Lipinski definition) is 0. The fourth-order valence-corrected chi connectivity index (χ4v) is 8.26. The molecule has 2 aliphatic carbocycles. The molecule has 0 unspecified atom stereocenters. The van der Waals surface area contributed by atoms with Gasteiger partial charge >= 0.3 is 6.18 Å². The normalized spacial score (nSPS) is 35.2. The highest BCUT2D eigenvalue weighted by molar-refractivity contribution is 7.91. The summed E-state index contributed by atoms with van der Waals surface area (Å²) >= 11 is 0. The molecule has 4 aliphatic rings. The van der Waals surface area contributed by atoms with Gasteiger partial charge in [0.1, 0.15) is 0 Å². The Labute approximate surface area is 175 Å². The molecule has 5 rings (SSSR count). The number of likely N-dealkylation sites (tertiary alicyclic amines) is 1. The van der Waals surface area contributed by atoms with Gasteiger partial charge in [0.2, 0.25) is 0 Å². The van der Waals surface area contributed by atoms with Crippen molar-refractivity contribution in [2.75, 3.05) is 24.6 Å². The van der Waals surface area contributed by atoms with Gasteiger partial charge in [-0.3, -0.25) is 9.58 Å². The Hall–Kier alpha value is -1.09. The van der Waals surface area contributed by atoms with Crippen LogP contribution in [0.4, 0.5) is 13.2 Å². The summed E-state index contributed by atoms with van der Waals surface area (Å²) in [5.74, 6) is 0.781. The molecule has 5 nitrogen and oxygen atoms in total. The van der Waals surface area contributed by atoms with E-state index in [0.29, 0.717) is 17.5 Å². The minimum Gasteiger partial charge on any atom is -0.300 e. The number of halogens is 3. The van der Waals surface area contributed by atoms with Gasteiger partial charge in [-0.05, 0) is 75.8 Å². The molecule has 3 heterocycles. The zero-order chi connectivity index (χ0) is 21.1. The van der Waals surface area contributed by atoms with Crippen LogP contribution in [-0.4, -0.2) is 53.7 Å². The maximum Gasteiger partial charge on any atom is 0.435 e. The average Bonchev–Trinajstić information content (AvgIpc) is 3.36. The Morgan fingerprint density at radius 2 is 1.73 bits per heavy atom. The van der Waals surface area contributed by atoms with Crippen LogP contribution in [0.3, 0.4) is 0 Å². The monoisotopic (exact) mass is 445 g/mol. The molecular weight excluding hydrogens is 415 g/mol. The number of sulfone groups is 1. The van der Waals surface area contributed by atoms with Crippen molar-refractivity contribution in [1.82, 2.24) is 14.7 Å². The largest absolute Gasteiger partial charge is 0.435 e. The molecule has 30 heavy (non-hydrogen) atoms. The molecule has 2 aliphatic heterocycles. The maximum absolute atomic E-state index is 13.2. The lowest BCUT2D eigenvalue weighted by atomic mass is 9.77. The van der Waals surface area contributed by atoms with E-state index in [2.05, 4.69) is 10.00 Å². The first-order valence-electron chi connectivity index (χ1n) is 11.3. The quantitative estimate of drug-likeness (QED) is 0.701. The molecule has 2 saturated heterocycles. The van der Waals surface area contributed by atoms with E-state index in [-0.39, 0.29) is 17.4 Å². The Balaban J connectivity index is 1.25. The first-order chi connectivity index (χ1) is 14.1. The molecule has 2 saturated carbocycles. The first-order valence-corrected chi connectivity index (χ1v) is 13.1. The van der Waals surface area contributed by atoms with Crippen LogP contribution in [0, 0.1) is 5.41 Å². The number of aromatic nitrogens is 2. The maximum atomic E-state index is 13.2. The molecule has 0 N–H and O–H groups in total. The van der Waals surface area contributed by atoms with Crippen LogP contribution in [0.2, 0.25) is 0 Å². The molecular formula is C21H30F3N3O2S. The van der Waals surface area contributed by atoms with Crippen LogP contribution in [0.25, 0.3) is 0 Å². The van der Waals surface area contributed by atoms with Crippen molar-refractivity contribution in [2.45, 2.75) is 82.0 Å². The van der Waals surface area contributed by atoms with Crippen LogP contribution in [0.5, 0.6) is 0 Å². The van der Waals surface area contributed by atoms with E-state index in [1.54, 1.807) is 4.68 Å². The van der Waals surface area contributed by atoms with Gasteiger partial charge in [-0.15, -0.1) is 0 Å². The Morgan fingerprint density at radius 1 is 1.03 bits per heavy atom. The molecule has 1 atom stereocenters. The van der Waals surface area contributed by atoms with Gasteiger partial charge in [0.25, 0.3) is 0 Å². The average molecular weight is 446 g/mol. The van der Waals surface area contributed by atoms with Crippen molar-refractivity contribution in [1.29, 1.82) is 0 Å². The summed E-state index contributed by atoms with van der Waals surface area (Å²) in [7, 11) is -2.90. The van der Waals surface area contributed by atoms with Crippen LogP contribution in [0.15, 0.2) is 6.07 Å². The number of piperidine rings is 1. The highest BCUT2D eigenvalue weighted by Crippen LogP contribution is 2.45. The van der Waals surface area contributed by atoms with Gasteiger partial charge in [-0.25, -0.2) is 8.42 Å². The van der Waals surface area contributed by atoms with Gasteiger partial charge in [0, 0.05) is 24.2 Å². The number of rotatable bonds is 3. The molecule has 0 radical (unpaired) electrons. The Kier molecular flexibility index (Phi) is 5.00. The second-order valence-corrected chi connectivity index (χ2v) is 12.2. The fourth-order valence-electron chi connectivity index (χ4n) is 6.06. The SMILES string of the molecule is O=S1(=O)CC[C@]2(CCCN([C@H]3CC[C@H](c4cc(C(F)(F)F)nn4C4CC4)CC3)C2)C1. The van der Waals surface area contributed by atoms with E-state index in [0.717, 1.165) is 76.6 Å². The molecule has 4 fully saturated rings. The van der Waals surface area contributed by atoms with Crippen molar-refractivity contribution < 1.29 is 21.6 Å². The van der Waals surface area contributed by atoms with Gasteiger partial charge in [-0.1, -0.05) is 0 Å². The molecule has 9 heteroatoms. The zero-order valence-corrected chi connectivity index (χ0v) is 18.0. The number of hydrogen-bond acceptors (Lipinski definition) is 4. The number of alkyl halides is 3. The van der Waals surface area contributed by atoms with Gasteiger partial charge < -0.3 is 0 Å². The third-order valence-electron chi connectivity index (χ3n) is 7.74. The molecule has 168 valence electrons. The third-order valence-corrected chi connectivity index (χ3v) is 9.62.